The number of hydrogen-bond donors (Lipinski definition) is 1. The molecule has 0 saturated heterocycles. The van der Waals surface area contributed by atoms with Gasteiger partial charge in [0.25, 0.3) is 5.76 Å². The number of nitrogens with one attached hydrogen (secondary N) is 1. The Hall–Kier alpha value is -2.06. The molecular formula is C18H20F2N2O2S2. The number of thiocarbonyl (C=S) groups is 1. The Kier molecular flexibility index (Phi) is 7.93. The van der Waals surface area contributed by atoms with E-state index in [0.29, 0.717) is 34.9 Å². The fourth-order valence-corrected chi connectivity index (χ4v) is 2.72. The van der Waals surface area contributed by atoms with Gasteiger partial charge in [-0.05, 0) is 60.7 Å². The smallest absolute Gasteiger partial charge is 0.288 e. The van der Waals surface area contributed by atoms with E-state index in [4.69, 9.17) is 21.7 Å². The van der Waals surface area contributed by atoms with Gasteiger partial charge in [0.2, 0.25) is 0 Å². The standard InChI is InChI=1S/C18H20F2N2O2S2/c1-22(11-12-24-15-7-5-14(23-2)6-8-15)18(25)21-13-3-9-16(10-4-13)26-17(19)20/h3-10,17H,11-12H2,1-2H3,(H,21,25). The molecule has 0 saturated carbocycles. The summed E-state index contributed by atoms with van der Waals surface area (Å²) in [6, 6.07) is 14.1. The molecule has 0 aromatic heterocycles. The summed E-state index contributed by atoms with van der Waals surface area (Å²) < 4.78 is 35.4. The average molecular weight is 399 g/mol. The molecule has 0 aliphatic rings. The summed E-state index contributed by atoms with van der Waals surface area (Å²) in [4.78, 5) is 2.36. The molecule has 2 rings (SSSR count). The lowest BCUT2D eigenvalue weighted by atomic mass is 10.3. The Balaban J connectivity index is 1.76. The molecule has 2 aromatic rings. The zero-order valence-corrected chi connectivity index (χ0v) is 16.1. The van der Waals surface area contributed by atoms with E-state index in [9.17, 15) is 8.78 Å². The van der Waals surface area contributed by atoms with Crippen molar-refractivity contribution >= 4 is 34.8 Å². The highest BCUT2D eigenvalue weighted by atomic mass is 32.2. The van der Waals surface area contributed by atoms with Gasteiger partial charge in [0.1, 0.15) is 18.1 Å². The minimum Gasteiger partial charge on any atom is -0.497 e. The van der Waals surface area contributed by atoms with Gasteiger partial charge in [-0.2, -0.15) is 8.78 Å². The van der Waals surface area contributed by atoms with E-state index in [-0.39, 0.29) is 0 Å². The summed E-state index contributed by atoms with van der Waals surface area (Å²) in [5.41, 5.74) is 0.747. The number of thioether (sulfide) groups is 1. The van der Waals surface area contributed by atoms with E-state index >= 15 is 0 Å². The molecule has 2 aromatic carbocycles. The van der Waals surface area contributed by atoms with Crippen LogP contribution in [0.3, 0.4) is 0 Å². The van der Waals surface area contributed by atoms with E-state index in [2.05, 4.69) is 5.32 Å². The number of nitrogens with zero attached hydrogens (tertiary/aromatic N) is 1. The van der Waals surface area contributed by atoms with Crippen molar-refractivity contribution in [3.05, 3.63) is 48.5 Å². The van der Waals surface area contributed by atoms with Crippen molar-refractivity contribution in [2.45, 2.75) is 10.7 Å². The quantitative estimate of drug-likeness (QED) is 0.512. The van der Waals surface area contributed by atoms with Crippen LogP contribution in [-0.2, 0) is 0 Å². The normalized spacial score (nSPS) is 10.5. The minimum absolute atomic E-state index is 0.467. The van der Waals surface area contributed by atoms with Crippen molar-refractivity contribution in [2.24, 2.45) is 0 Å². The second-order valence-electron chi connectivity index (χ2n) is 5.28. The van der Waals surface area contributed by atoms with Crippen LogP contribution in [0.1, 0.15) is 0 Å². The van der Waals surface area contributed by atoms with Crippen LogP contribution < -0.4 is 14.8 Å². The Morgan fingerprint density at radius 3 is 2.31 bits per heavy atom. The van der Waals surface area contributed by atoms with Crippen molar-refractivity contribution in [2.75, 3.05) is 32.6 Å². The summed E-state index contributed by atoms with van der Waals surface area (Å²) in [5.74, 6) is -0.894. The fraction of sp³-hybridized carbons (Fsp3) is 0.278. The molecule has 1 N–H and O–H groups in total. The lowest BCUT2D eigenvalue weighted by Gasteiger charge is -2.21. The topological polar surface area (TPSA) is 33.7 Å². The Labute approximate surface area is 161 Å². The highest BCUT2D eigenvalue weighted by Gasteiger charge is 2.07. The first-order valence-electron chi connectivity index (χ1n) is 7.82. The van der Waals surface area contributed by atoms with E-state index in [1.165, 1.54) is 0 Å². The van der Waals surface area contributed by atoms with Crippen LogP contribution in [0.4, 0.5) is 14.5 Å². The van der Waals surface area contributed by atoms with Gasteiger partial charge < -0.3 is 19.7 Å². The van der Waals surface area contributed by atoms with Crippen LogP contribution in [0.15, 0.2) is 53.4 Å². The highest BCUT2D eigenvalue weighted by molar-refractivity contribution is 7.99. The van der Waals surface area contributed by atoms with Crippen LogP contribution in [-0.4, -0.2) is 43.1 Å². The summed E-state index contributed by atoms with van der Waals surface area (Å²) in [6.45, 7) is 1.06. The van der Waals surface area contributed by atoms with Crippen LogP contribution >= 0.6 is 24.0 Å². The zero-order chi connectivity index (χ0) is 18.9. The Morgan fingerprint density at radius 2 is 1.73 bits per heavy atom. The first-order chi connectivity index (χ1) is 12.5. The molecule has 0 spiro atoms. The highest BCUT2D eigenvalue weighted by Crippen LogP contribution is 2.26. The maximum absolute atomic E-state index is 12.3. The number of benzene rings is 2. The Bertz CT molecular complexity index is 697. The number of rotatable bonds is 8. The van der Waals surface area contributed by atoms with Gasteiger partial charge in [0.05, 0.1) is 13.7 Å². The Morgan fingerprint density at radius 1 is 1.12 bits per heavy atom. The fourth-order valence-electron chi connectivity index (χ4n) is 2.01. The number of anilines is 1. The molecule has 0 heterocycles. The number of ether oxygens (including phenoxy) is 2. The van der Waals surface area contributed by atoms with Gasteiger partial charge in [-0.15, -0.1) is 0 Å². The van der Waals surface area contributed by atoms with Crippen LogP contribution in [0.5, 0.6) is 11.5 Å². The predicted octanol–water partition coefficient (Wildman–Crippen LogP) is 4.72. The lowest BCUT2D eigenvalue weighted by Crippen LogP contribution is -2.34. The van der Waals surface area contributed by atoms with E-state index in [1.807, 2.05) is 36.2 Å². The van der Waals surface area contributed by atoms with E-state index in [1.54, 1.807) is 31.4 Å². The van der Waals surface area contributed by atoms with Crippen LogP contribution in [0, 0.1) is 0 Å². The third-order valence-electron chi connectivity index (χ3n) is 3.43. The molecule has 26 heavy (non-hydrogen) atoms. The second kappa shape index (κ2) is 10.2. The second-order valence-corrected chi connectivity index (χ2v) is 6.73. The van der Waals surface area contributed by atoms with Crippen molar-refractivity contribution in [1.82, 2.24) is 4.90 Å². The minimum atomic E-state index is -2.42. The van der Waals surface area contributed by atoms with E-state index < -0.39 is 5.76 Å². The molecule has 0 radical (unpaired) electrons. The number of likely N-dealkylation sites (N-methyl/N-ethyl adjacent to an activating group) is 1. The molecular weight excluding hydrogens is 378 g/mol. The molecule has 4 nitrogen and oxygen atoms in total. The first-order valence-corrected chi connectivity index (χ1v) is 9.10. The molecule has 0 fully saturated rings. The summed E-state index contributed by atoms with van der Waals surface area (Å²) >= 11 is 5.86. The van der Waals surface area contributed by atoms with Crippen LogP contribution in [0.2, 0.25) is 0 Å². The maximum Gasteiger partial charge on any atom is 0.288 e. The molecule has 0 unspecified atom stereocenters. The van der Waals surface area contributed by atoms with Gasteiger partial charge in [-0.25, -0.2) is 0 Å². The molecule has 8 heteroatoms. The summed E-state index contributed by atoms with van der Waals surface area (Å²) in [5, 5.41) is 3.60. The number of hydrogen-bond acceptors (Lipinski definition) is 4. The lowest BCUT2D eigenvalue weighted by molar-refractivity contribution is 0.252. The van der Waals surface area contributed by atoms with Crippen molar-refractivity contribution < 1.29 is 18.3 Å². The number of halogens is 2. The largest absolute Gasteiger partial charge is 0.497 e. The summed E-state index contributed by atoms with van der Waals surface area (Å²) in [7, 11) is 3.47. The van der Waals surface area contributed by atoms with Crippen molar-refractivity contribution in [3.63, 3.8) is 0 Å². The summed E-state index contributed by atoms with van der Waals surface area (Å²) in [6.07, 6.45) is 0. The SMILES string of the molecule is COc1ccc(OCCN(C)C(=S)Nc2ccc(SC(F)F)cc2)cc1. The van der Waals surface area contributed by atoms with E-state index in [0.717, 1.165) is 17.2 Å². The third-order valence-corrected chi connectivity index (χ3v) is 4.57. The number of methoxy groups -OCH3 is 1. The average Bonchev–Trinajstić information content (AvgIpc) is 2.63. The molecule has 0 aliphatic carbocycles. The maximum atomic E-state index is 12.3. The van der Waals surface area contributed by atoms with Gasteiger partial charge in [-0.1, -0.05) is 11.8 Å². The molecule has 0 aliphatic heterocycles. The van der Waals surface area contributed by atoms with Gasteiger partial charge in [0, 0.05) is 17.6 Å². The molecule has 0 amide bonds. The molecule has 0 atom stereocenters. The van der Waals surface area contributed by atoms with Crippen molar-refractivity contribution in [1.29, 1.82) is 0 Å². The first kappa shape index (κ1) is 20.3. The third kappa shape index (κ3) is 6.68. The predicted molar refractivity (Wildman–Crippen MR) is 106 cm³/mol. The molecule has 140 valence electrons. The zero-order valence-electron chi connectivity index (χ0n) is 14.4. The van der Waals surface area contributed by atoms with Crippen molar-refractivity contribution in [3.8, 4) is 11.5 Å². The van der Waals surface area contributed by atoms with Gasteiger partial charge in [-0.3, -0.25) is 0 Å². The number of alkyl halides is 2. The monoisotopic (exact) mass is 398 g/mol. The van der Waals surface area contributed by atoms with Gasteiger partial charge in [0.15, 0.2) is 5.11 Å². The van der Waals surface area contributed by atoms with Gasteiger partial charge >= 0.3 is 0 Å². The van der Waals surface area contributed by atoms with Crippen LogP contribution in [0.25, 0.3) is 0 Å². The molecule has 0 bridgehead atoms.